The third kappa shape index (κ3) is 2.99. The van der Waals surface area contributed by atoms with Crippen LogP contribution in [0.15, 0.2) is 42.7 Å². The summed E-state index contributed by atoms with van der Waals surface area (Å²) in [7, 11) is 3.53. The minimum atomic E-state index is -0.209. The molecule has 1 aromatic carbocycles. The van der Waals surface area contributed by atoms with E-state index in [1.165, 1.54) is 11.6 Å². The van der Waals surface area contributed by atoms with Crippen LogP contribution in [0.3, 0.4) is 0 Å². The van der Waals surface area contributed by atoms with Crippen LogP contribution in [0.5, 0.6) is 5.88 Å². The largest absolute Gasteiger partial charge is 0.481 e. The van der Waals surface area contributed by atoms with E-state index in [-0.39, 0.29) is 5.82 Å². The fourth-order valence-corrected chi connectivity index (χ4v) is 3.60. The average Bonchev–Trinajstić information content (AvgIpc) is 2.90. The van der Waals surface area contributed by atoms with Gasteiger partial charge in [-0.15, -0.1) is 0 Å². The quantitative estimate of drug-likeness (QED) is 0.715. The lowest BCUT2D eigenvalue weighted by Crippen LogP contribution is -2.50. The summed E-state index contributed by atoms with van der Waals surface area (Å²) in [5.74, 6) is 0.745. The van der Waals surface area contributed by atoms with Crippen LogP contribution in [0.25, 0.3) is 10.9 Å². The number of likely N-dealkylation sites (tertiary alicyclic amines) is 1. The van der Waals surface area contributed by atoms with Crippen molar-refractivity contribution in [3.8, 4) is 5.88 Å². The van der Waals surface area contributed by atoms with Gasteiger partial charge in [-0.1, -0.05) is 0 Å². The molecule has 0 spiro atoms. The lowest BCUT2D eigenvalue weighted by molar-refractivity contribution is 0.257. The first-order chi connectivity index (χ1) is 12.5. The summed E-state index contributed by atoms with van der Waals surface area (Å²) in [5, 5.41) is 4.99. The van der Waals surface area contributed by atoms with Crippen LogP contribution < -0.4 is 10.1 Å². The van der Waals surface area contributed by atoms with Crippen molar-refractivity contribution in [1.82, 2.24) is 14.5 Å². The molecule has 134 valence electrons. The number of aromatic nitrogens is 2. The summed E-state index contributed by atoms with van der Waals surface area (Å²) in [6, 6.07) is 8.64. The third-order valence-corrected chi connectivity index (χ3v) is 5.15. The number of aryl methyl sites for hydroxylation is 1. The summed E-state index contributed by atoms with van der Waals surface area (Å²) < 4.78 is 20.5. The van der Waals surface area contributed by atoms with Crippen molar-refractivity contribution in [2.24, 2.45) is 7.05 Å². The van der Waals surface area contributed by atoms with E-state index in [9.17, 15) is 4.39 Å². The molecule has 4 rings (SSSR count). The van der Waals surface area contributed by atoms with Crippen molar-refractivity contribution >= 4 is 33.9 Å². The van der Waals surface area contributed by atoms with Crippen molar-refractivity contribution in [3.05, 3.63) is 54.1 Å². The zero-order chi connectivity index (χ0) is 18.3. The van der Waals surface area contributed by atoms with Gasteiger partial charge in [0.1, 0.15) is 5.82 Å². The molecule has 7 heteroatoms. The SMILES string of the molecule is COc1ccc(NC(=S)N2CC(c3cn(C)c4cc(F)ccc34)C2)cn1. The molecule has 0 saturated carbocycles. The number of pyridine rings is 1. The Morgan fingerprint density at radius 3 is 2.81 bits per heavy atom. The number of rotatable bonds is 3. The highest BCUT2D eigenvalue weighted by molar-refractivity contribution is 7.80. The summed E-state index contributed by atoms with van der Waals surface area (Å²) in [4.78, 5) is 6.28. The zero-order valence-electron chi connectivity index (χ0n) is 14.6. The smallest absolute Gasteiger partial charge is 0.213 e. The molecule has 1 aliphatic heterocycles. The van der Waals surface area contributed by atoms with Gasteiger partial charge >= 0.3 is 0 Å². The minimum absolute atomic E-state index is 0.209. The Labute approximate surface area is 156 Å². The van der Waals surface area contributed by atoms with Crippen LogP contribution in [0, 0.1) is 5.82 Å². The molecule has 0 aliphatic carbocycles. The highest BCUT2D eigenvalue weighted by Crippen LogP contribution is 2.34. The second kappa shape index (κ2) is 6.57. The molecule has 1 fully saturated rings. The Morgan fingerprint density at radius 2 is 2.12 bits per heavy atom. The van der Waals surface area contributed by atoms with Crippen LogP contribution >= 0.6 is 12.2 Å². The van der Waals surface area contributed by atoms with Gasteiger partial charge in [0, 0.05) is 43.7 Å². The molecule has 0 radical (unpaired) electrons. The highest BCUT2D eigenvalue weighted by Gasteiger charge is 2.32. The molecule has 2 aromatic heterocycles. The molecule has 5 nitrogen and oxygen atoms in total. The van der Waals surface area contributed by atoms with Gasteiger partial charge in [-0.05, 0) is 42.0 Å². The van der Waals surface area contributed by atoms with E-state index in [4.69, 9.17) is 17.0 Å². The van der Waals surface area contributed by atoms with E-state index in [0.717, 1.165) is 29.7 Å². The standard InChI is InChI=1S/C19H19FN4OS/c1-23-11-16(15-5-3-13(20)7-17(15)23)12-9-24(10-12)19(26)22-14-4-6-18(25-2)21-8-14/h3-8,11-12H,9-10H2,1-2H3,(H,22,26). The predicted molar refractivity (Wildman–Crippen MR) is 104 cm³/mol. The summed E-state index contributed by atoms with van der Waals surface area (Å²) in [5.41, 5.74) is 3.00. The van der Waals surface area contributed by atoms with Crippen molar-refractivity contribution in [3.63, 3.8) is 0 Å². The first-order valence-corrected chi connectivity index (χ1v) is 8.76. The van der Waals surface area contributed by atoms with Crippen LogP contribution in [0.4, 0.5) is 10.1 Å². The van der Waals surface area contributed by atoms with Crippen molar-refractivity contribution in [2.45, 2.75) is 5.92 Å². The number of thiocarbonyl (C=S) groups is 1. The van der Waals surface area contributed by atoms with Gasteiger partial charge in [0.2, 0.25) is 5.88 Å². The Kier molecular flexibility index (Phi) is 4.24. The maximum Gasteiger partial charge on any atom is 0.213 e. The molecular weight excluding hydrogens is 351 g/mol. The Bertz CT molecular complexity index is 964. The molecule has 0 unspecified atom stereocenters. The van der Waals surface area contributed by atoms with E-state index in [1.807, 2.05) is 23.7 Å². The number of fused-ring (bicyclic) bond motifs is 1. The first kappa shape index (κ1) is 16.8. The van der Waals surface area contributed by atoms with Gasteiger partial charge < -0.3 is 19.5 Å². The van der Waals surface area contributed by atoms with Crippen molar-refractivity contribution in [1.29, 1.82) is 0 Å². The van der Waals surface area contributed by atoms with Gasteiger partial charge in [-0.2, -0.15) is 0 Å². The fraction of sp³-hybridized carbons (Fsp3) is 0.263. The molecule has 0 bridgehead atoms. The zero-order valence-corrected chi connectivity index (χ0v) is 15.4. The van der Waals surface area contributed by atoms with Gasteiger partial charge in [-0.3, -0.25) is 0 Å². The Balaban J connectivity index is 1.42. The van der Waals surface area contributed by atoms with E-state index in [2.05, 4.69) is 21.4 Å². The lowest BCUT2D eigenvalue weighted by Gasteiger charge is -2.41. The van der Waals surface area contributed by atoms with Crippen molar-refractivity contribution in [2.75, 3.05) is 25.5 Å². The van der Waals surface area contributed by atoms with Gasteiger partial charge in [0.15, 0.2) is 5.11 Å². The van der Waals surface area contributed by atoms with Crippen LogP contribution in [0.1, 0.15) is 11.5 Å². The van der Waals surface area contributed by atoms with Gasteiger partial charge in [0.05, 0.1) is 24.5 Å². The van der Waals surface area contributed by atoms with Gasteiger partial charge in [0.25, 0.3) is 0 Å². The molecule has 1 N–H and O–H groups in total. The van der Waals surface area contributed by atoms with Crippen LogP contribution in [-0.4, -0.2) is 39.8 Å². The van der Waals surface area contributed by atoms with Crippen molar-refractivity contribution < 1.29 is 9.13 Å². The molecule has 0 atom stereocenters. The first-order valence-electron chi connectivity index (χ1n) is 8.35. The molecule has 1 aliphatic rings. The predicted octanol–water partition coefficient (Wildman–Crippen LogP) is 3.52. The van der Waals surface area contributed by atoms with E-state index in [0.29, 0.717) is 16.9 Å². The number of nitrogens with one attached hydrogen (secondary N) is 1. The number of halogens is 1. The summed E-state index contributed by atoms with van der Waals surface area (Å²) >= 11 is 5.49. The maximum atomic E-state index is 13.5. The summed E-state index contributed by atoms with van der Waals surface area (Å²) in [6.07, 6.45) is 3.79. The number of ether oxygens (including phenoxy) is 1. The minimum Gasteiger partial charge on any atom is -0.481 e. The normalized spacial score (nSPS) is 14.3. The molecule has 1 saturated heterocycles. The molecular formula is C19H19FN4OS. The number of nitrogens with zero attached hydrogens (tertiary/aromatic N) is 3. The van der Waals surface area contributed by atoms with E-state index >= 15 is 0 Å². The monoisotopic (exact) mass is 370 g/mol. The fourth-order valence-electron chi connectivity index (χ4n) is 3.33. The van der Waals surface area contributed by atoms with Crippen LogP contribution in [-0.2, 0) is 7.05 Å². The summed E-state index contributed by atoms with van der Waals surface area (Å²) in [6.45, 7) is 1.68. The molecule has 3 aromatic rings. The number of anilines is 1. The average molecular weight is 370 g/mol. The second-order valence-electron chi connectivity index (χ2n) is 6.48. The highest BCUT2D eigenvalue weighted by atomic mass is 32.1. The van der Waals surface area contributed by atoms with Gasteiger partial charge in [-0.25, -0.2) is 9.37 Å². The topological polar surface area (TPSA) is 42.3 Å². The van der Waals surface area contributed by atoms with E-state index < -0.39 is 0 Å². The Morgan fingerprint density at radius 1 is 1.31 bits per heavy atom. The van der Waals surface area contributed by atoms with Crippen LogP contribution in [0.2, 0.25) is 0 Å². The number of benzene rings is 1. The maximum absolute atomic E-state index is 13.5. The number of methoxy groups -OCH3 is 1. The number of hydrogen-bond donors (Lipinski definition) is 1. The Hall–Kier alpha value is -2.67. The molecule has 0 amide bonds. The molecule has 26 heavy (non-hydrogen) atoms. The molecule has 3 heterocycles. The van der Waals surface area contributed by atoms with E-state index in [1.54, 1.807) is 25.4 Å². The lowest BCUT2D eigenvalue weighted by atomic mass is 9.91. The number of hydrogen-bond acceptors (Lipinski definition) is 3. The second-order valence-corrected chi connectivity index (χ2v) is 6.86. The third-order valence-electron chi connectivity index (χ3n) is 4.79.